The Balaban J connectivity index is 1.84. The van der Waals surface area contributed by atoms with Crippen LogP contribution in [0.1, 0.15) is 64.0 Å². The van der Waals surface area contributed by atoms with Gasteiger partial charge in [-0.15, -0.1) is 0 Å². The van der Waals surface area contributed by atoms with Gasteiger partial charge in [0.25, 0.3) is 5.91 Å². The highest BCUT2D eigenvalue weighted by Gasteiger charge is 2.41. The first kappa shape index (κ1) is 26.9. The summed E-state index contributed by atoms with van der Waals surface area (Å²) >= 11 is 6.39. The third-order valence-corrected chi connectivity index (χ3v) is 8.37. The fraction of sp³-hybridized carbons (Fsp3) is 0.667. The molecule has 188 valence electrons. The lowest BCUT2D eigenvalue weighted by Crippen LogP contribution is -2.46. The first-order valence-electron chi connectivity index (χ1n) is 11.4. The third-order valence-electron chi connectivity index (χ3n) is 6.80. The van der Waals surface area contributed by atoms with E-state index >= 15 is 0 Å². The Morgan fingerprint density at radius 3 is 2.56 bits per heavy atom. The van der Waals surface area contributed by atoms with Crippen molar-refractivity contribution in [3.8, 4) is 11.8 Å². The van der Waals surface area contributed by atoms with Gasteiger partial charge in [0.05, 0.1) is 40.0 Å². The molecule has 8 nitrogen and oxygen atoms in total. The molecule has 3 rings (SSSR count). The molecule has 2 aliphatic rings. The maximum absolute atomic E-state index is 13.0. The normalized spacial score (nSPS) is 22.8. The van der Waals surface area contributed by atoms with Crippen LogP contribution in [0.2, 0.25) is 5.02 Å². The smallest absolute Gasteiger partial charge is 0.254 e. The van der Waals surface area contributed by atoms with Crippen LogP contribution in [0.25, 0.3) is 0 Å². The van der Waals surface area contributed by atoms with Crippen molar-refractivity contribution in [3.05, 3.63) is 28.3 Å². The van der Waals surface area contributed by atoms with Gasteiger partial charge < -0.3 is 19.1 Å². The molecule has 1 unspecified atom stereocenters. The predicted molar refractivity (Wildman–Crippen MR) is 131 cm³/mol. The van der Waals surface area contributed by atoms with Crippen LogP contribution in [-0.2, 0) is 25.3 Å². The SMILES string of the molecule is COc1cc(C#N)c(Cl)cc1[C@H](CC(C)(C)S(N)=O)C1CCN(C(=O)[C@H]2COC(C)(C)O2)CC1. The number of piperidine rings is 1. The minimum Gasteiger partial charge on any atom is -0.496 e. The van der Waals surface area contributed by atoms with Crippen molar-refractivity contribution < 1.29 is 23.2 Å². The summed E-state index contributed by atoms with van der Waals surface area (Å²) in [5.74, 6) is -0.116. The molecule has 2 fully saturated rings. The van der Waals surface area contributed by atoms with Gasteiger partial charge in [-0.05, 0) is 76.5 Å². The predicted octanol–water partition coefficient (Wildman–Crippen LogP) is 3.49. The highest BCUT2D eigenvalue weighted by molar-refractivity contribution is 7.84. The summed E-state index contributed by atoms with van der Waals surface area (Å²) in [5, 5.41) is 15.5. The van der Waals surface area contributed by atoms with Crippen molar-refractivity contribution in [1.29, 1.82) is 5.26 Å². The van der Waals surface area contributed by atoms with E-state index in [1.54, 1.807) is 33.1 Å². The van der Waals surface area contributed by atoms with Gasteiger partial charge in [0.1, 0.15) is 11.8 Å². The molecule has 1 aromatic carbocycles. The molecule has 2 saturated heterocycles. The Bertz CT molecular complexity index is 986. The van der Waals surface area contributed by atoms with Crippen LogP contribution in [0.4, 0.5) is 0 Å². The third kappa shape index (κ3) is 5.92. The highest BCUT2D eigenvalue weighted by atomic mass is 35.5. The molecule has 0 spiro atoms. The zero-order chi connectivity index (χ0) is 25.3. The molecule has 2 heterocycles. The first-order chi connectivity index (χ1) is 15.9. The molecule has 1 amide bonds. The molecule has 2 aliphatic heterocycles. The van der Waals surface area contributed by atoms with E-state index in [-0.39, 0.29) is 24.3 Å². The van der Waals surface area contributed by atoms with Crippen molar-refractivity contribution in [2.75, 3.05) is 26.8 Å². The van der Waals surface area contributed by atoms with Crippen LogP contribution in [0.3, 0.4) is 0 Å². The molecular formula is C24H34ClN3O5S. The second-order valence-corrected chi connectivity index (χ2v) is 12.1. The van der Waals surface area contributed by atoms with Gasteiger partial charge in [0.15, 0.2) is 11.9 Å². The Morgan fingerprint density at radius 2 is 2.06 bits per heavy atom. The van der Waals surface area contributed by atoms with Crippen LogP contribution < -0.4 is 9.88 Å². The molecule has 34 heavy (non-hydrogen) atoms. The second-order valence-electron chi connectivity index (χ2n) is 10.0. The average Bonchev–Trinajstić information content (AvgIpc) is 3.16. The van der Waals surface area contributed by atoms with Crippen LogP contribution in [0.15, 0.2) is 12.1 Å². The van der Waals surface area contributed by atoms with Crippen molar-refractivity contribution in [2.24, 2.45) is 11.1 Å². The summed E-state index contributed by atoms with van der Waals surface area (Å²) < 4.78 is 28.6. The van der Waals surface area contributed by atoms with E-state index in [2.05, 4.69) is 6.07 Å². The van der Waals surface area contributed by atoms with Crippen LogP contribution in [-0.4, -0.2) is 58.5 Å². The molecule has 2 N–H and O–H groups in total. The van der Waals surface area contributed by atoms with Gasteiger partial charge in [-0.3, -0.25) is 9.93 Å². The van der Waals surface area contributed by atoms with Crippen molar-refractivity contribution in [3.63, 3.8) is 0 Å². The summed E-state index contributed by atoms with van der Waals surface area (Å²) in [6.45, 7) is 8.79. The molecular weight excluding hydrogens is 478 g/mol. The number of carbonyl (C=O) groups is 1. The summed E-state index contributed by atoms with van der Waals surface area (Å²) in [7, 11) is 0.0199. The fourth-order valence-electron chi connectivity index (χ4n) is 4.80. The number of nitrogens with two attached hydrogens (primary N) is 1. The van der Waals surface area contributed by atoms with Crippen LogP contribution in [0.5, 0.6) is 5.75 Å². The highest BCUT2D eigenvalue weighted by Crippen LogP contribution is 2.44. The number of nitrogens with zero attached hydrogens (tertiary/aromatic N) is 2. The van der Waals surface area contributed by atoms with Gasteiger partial charge in [0.2, 0.25) is 0 Å². The quantitative estimate of drug-likeness (QED) is 0.599. The largest absolute Gasteiger partial charge is 0.496 e. The number of ether oxygens (including phenoxy) is 3. The molecule has 0 saturated carbocycles. The zero-order valence-corrected chi connectivity index (χ0v) is 22.0. The molecule has 10 heteroatoms. The van der Waals surface area contributed by atoms with E-state index in [4.69, 9.17) is 31.0 Å². The Kier molecular flexibility index (Phi) is 8.31. The van der Waals surface area contributed by atoms with Crippen molar-refractivity contribution >= 4 is 28.5 Å². The molecule has 3 atom stereocenters. The number of halogens is 1. The number of hydrogen-bond donors (Lipinski definition) is 1. The summed E-state index contributed by atoms with van der Waals surface area (Å²) in [6, 6.07) is 5.51. The maximum Gasteiger partial charge on any atom is 0.254 e. The topological polar surface area (TPSA) is 115 Å². The minimum atomic E-state index is -1.54. The Labute approximate surface area is 209 Å². The summed E-state index contributed by atoms with van der Waals surface area (Å²) in [4.78, 5) is 14.8. The lowest BCUT2D eigenvalue weighted by Gasteiger charge is -2.39. The maximum atomic E-state index is 13.0. The molecule has 0 radical (unpaired) electrons. The van der Waals surface area contributed by atoms with Crippen molar-refractivity contribution in [2.45, 2.75) is 69.5 Å². The average molecular weight is 512 g/mol. The van der Waals surface area contributed by atoms with Gasteiger partial charge in [-0.25, -0.2) is 4.21 Å². The number of benzene rings is 1. The van der Waals surface area contributed by atoms with Crippen molar-refractivity contribution in [1.82, 2.24) is 4.90 Å². The summed E-state index contributed by atoms with van der Waals surface area (Å²) in [5.41, 5.74) is 1.20. The number of amides is 1. The number of carbonyl (C=O) groups excluding carboxylic acids is 1. The Hall–Kier alpha value is -1.70. The van der Waals surface area contributed by atoms with E-state index in [1.807, 2.05) is 18.7 Å². The second kappa shape index (κ2) is 10.5. The van der Waals surface area contributed by atoms with Gasteiger partial charge in [-0.1, -0.05) is 11.6 Å². The number of hydrogen-bond acceptors (Lipinski definition) is 6. The van der Waals surface area contributed by atoms with Gasteiger partial charge in [-0.2, -0.15) is 5.26 Å². The fourth-order valence-corrected chi connectivity index (χ4v) is 5.36. The van der Waals surface area contributed by atoms with E-state index in [9.17, 15) is 14.3 Å². The molecule has 1 aromatic rings. The number of nitriles is 1. The van der Waals surface area contributed by atoms with E-state index < -0.39 is 27.6 Å². The number of likely N-dealkylation sites (tertiary alicyclic amines) is 1. The standard InChI is InChI=1S/C24H34ClN3O5S/c1-23(2,34(27)30)12-18(17-11-19(25)16(13-26)10-20(17)31-5)15-6-8-28(9-7-15)22(29)21-14-32-24(3,4)33-21/h10-11,15,18,21H,6-9,12,14,27H2,1-5H3/t18-,21-,34?/m1/s1. The molecule has 0 aromatic heterocycles. The molecule has 0 aliphatic carbocycles. The lowest BCUT2D eigenvalue weighted by molar-refractivity contribution is -0.161. The van der Waals surface area contributed by atoms with Gasteiger partial charge in [0, 0.05) is 13.1 Å². The lowest BCUT2D eigenvalue weighted by atomic mass is 9.75. The van der Waals surface area contributed by atoms with Crippen LogP contribution in [0, 0.1) is 17.2 Å². The number of methoxy groups -OCH3 is 1. The Morgan fingerprint density at radius 1 is 1.41 bits per heavy atom. The molecule has 0 bridgehead atoms. The van der Waals surface area contributed by atoms with Crippen LogP contribution >= 0.6 is 11.6 Å². The first-order valence-corrected chi connectivity index (χ1v) is 13.0. The minimum absolute atomic E-state index is 0.0528. The van der Waals surface area contributed by atoms with E-state index in [1.165, 1.54) is 0 Å². The van der Waals surface area contributed by atoms with Gasteiger partial charge >= 0.3 is 0 Å². The zero-order valence-electron chi connectivity index (χ0n) is 20.4. The summed E-state index contributed by atoms with van der Waals surface area (Å²) in [6.07, 6.45) is 1.46. The van der Waals surface area contributed by atoms with E-state index in [0.29, 0.717) is 35.8 Å². The monoisotopic (exact) mass is 511 g/mol. The number of rotatable bonds is 7. The van der Waals surface area contributed by atoms with E-state index in [0.717, 1.165) is 18.4 Å².